The summed E-state index contributed by atoms with van der Waals surface area (Å²) in [6, 6.07) is 20.1. The van der Waals surface area contributed by atoms with Crippen LogP contribution in [0.5, 0.6) is 0 Å². The molecule has 0 saturated carbocycles. The fourth-order valence-electron chi connectivity index (χ4n) is 2.77. The molecule has 0 saturated heterocycles. The van der Waals surface area contributed by atoms with Gasteiger partial charge in [-0.1, -0.05) is 61.5 Å². The zero-order valence-electron chi connectivity index (χ0n) is 11.9. The molecule has 1 N–H and O–H groups in total. The minimum absolute atomic E-state index is 0.496. The Kier molecular flexibility index (Phi) is 4.44. The van der Waals surface area contributed by atoms with Crippen molar-refractivity contribution >= 4 is 11.8 Å². The highest BCUT2D eigenvalue weighted by atomic mass is 32.2. The molecule has 1 nitrogen and oxygen atoms in total. The van der Waals surface area contributed by atoms with Crippen LogP contribution in [0.25, 0.3) is 0 Å². The van der Waals surface area contributed by atoms with Gasteiger partial charge in [-0.05, 0) is 22.6 Å². The van der Waals surface area contributed by atoms with E-state index in [1.807, 2.05) is 11.8 Å². The molecule has 0 amide bonds. The second-order valence-corrected chi connectivity index (χ2v) is 6.52. The van der Waals surface area contributed by atoms with Crippen LogP contribution in [0, 0.1) is 0 Å². The fraction of sp³-hybridized carbons (Fsp3) is 0.333. The molecule has 2 aromatic rings. The summed E-state index contributed by atoms with van der Waals surface area (Å²) in [6.07, 6.45) is 0. The number of fused-ring (bicyclic) bond motifs is 1. The maximum atomic E-state index is 3.76. The van der Waals surface area contributed by atoms with Gasteiger partial charge in [0.25, 0.3) is 0 Å². The first kappa shape index (κ1) is 13.7. The standard InChI is InChI=1S/C18H21NS/c1-14(15-7-3-2-4-8-15)11-19-18-13-20-12-16-9-5-6-10-17(16)18/h2-10,14,18-19H,11-13H2,1H3. The minimum atomic E-state index is 0.496. The number of rotatable bonds is 4. The number of benzene rings is 2. The molecule has 2 heteroatoms. The van der Waals surface area contributed by atoms with Gasteiger partial charge in [0, 0.05) is 24.1 Å². The molecular weight excluding hydrogens is 262 g/mol. The van der Waals surface area contributed by atoms with E-state index in [2.05, 4.69) is 66.8 Å². The SMILES string of the molecule is CC(CNC1CSCc2ccccc21)c1ccccc1. The predicted molar refractivity (Wildman–Crippen MR) is 88.2 cm³/mol. The summed E-state index contributed by atoms with van der Waals surface area (Å²) >= 11 is 2.03. The zero-order chi connectivity index (χ0) is 13.8. The van der Waals surface area contributed by atoms with Gasteiger partial charge in [-0.3, -0.25) is 0 Å². The Balaban J connectivity index is 1.65. The van der Waals surface area contributed by atoms with Gasteiger partial charge in [0.15, 0.2) is 0 Å². The zero-order valence-corrected chi connectivity index (χ0v) is 12.7. The lowest BCUT2D eigenvalue weighted by molar-refractivity contribution is 0.538. The Morgan fingerprint density at radius 1 is 1.10 bits per heavy atom. The van der Waals surface area contributed by atoms with Gasteiger partial charge in [0.2, 0.25) is 0 Å². The molecule has 0 aromatic heterocycles. The molecule has 0 spiro atoms. The molecule has 2 unspecified atom stereocenters. The third kappa shape index (κ3) is 3.08. The van der Waals surface area contributed by atoms with Crippen LogP contribution in [0.4, 0.5) is 0 Å². The van der Waals surface area contributed by atoms with Gasteiger partial charge in [-0.25, -0.2) is 0 Å². The molecular formula is C18H21NS. The summed E-state index contributed by atoms with van der Waals surface area (Å²) in [6.45, 7) is 3.33. The first-order valence-electron chi connectivity index (χ1n) is 7.28. The summed E-state index contributed by atoms with van der Waals surface area (Å²) < 4.78 is 0. The van der Waals surface area contributed by atoms with E-state index >= 15 is 0 Å². The van der Waals surface area contributed by atoms with Crippen LogP contribution in [0.3, 0.4) is 0 Å². The van der Waals surface area contributed by atoms with E-state index in [0.29, 0.717) is 12.0 Å². The summed E-state index contributed by atoms with van der Waals surface area (Å²) in [5, 5.41) is 3.76. The summed E-state index contributed by atoms with van der Waals surface area (Å²) in [5.74, 6) is 2.89. The van der Waals surface area contributed by atoms with E-state index in [4.69, 9.17) is 0 Å². The van der Waals surface area contributed by atoms with E-state index in [1.165, 1.54) is 22.4 Å². The number of hydrogen-bond donors (Lipinski definition) is 1. The molecule has 1 aliphatic rings. The molecule has 3 rings (SSSR count). The van der Waals surface area contributed by atoms with Gasteiger partial charge in [0.1, 0.15) is 0 Å². The molecule has 0 aliphatic carbocycles. The minimum Gasteiger partial charge on any atom is -0.309 e. The number of nitrogens with one attached hydrogen (secondary N) is 1. The molecule has 1 heterocycles. The second kappa shape index (κ2) is 6.47. The van der Waals surface area contributed by atoms with Crippen molar-refractivity contribution < 1.29 is 0 Å². The van der Waals surface area contributed by atoms with Gasteiger partial charge < -0.3 is 5.32 Å². The Hall–Kier alpha value is -1.25. The van der Waals surface area contributed by atoms with Gasteiger partial charge in [-0.15, -0.1) is 0 Å². The molecule has 2 atom stereocenters. The second-order valence-electron chi connectivity index (χ2n) is 5.49. The lowest BCUT2D eigenvalue weighted by Gasteiger charge is -2.27. The average Bonchev–Trinajstić information content (AvgIpc) is 2.53. The molecule has 0 radical (unpaired) electrons. The van der Waals surface area contributed by atoms with Gasteiger partial charge in [0.05, 0.1) is 0 Å². The maximum absolute atomic E-state index is 3.76. The highest BCUT2D eigenvalue weighted by Crippen LogP contribution is 2.31. The predicted octanol–water partition coefficient (Wildman–Crippen LogP) is 4.37. The van der Waals surface area contributed by atoms with Crippen LogP contribution in [0.2, 0.25) is 0 Å². The molecule has 0 bridgehead atoms. The lowest BCUT2D eigenvalue weighted by atomic mass is 9.98. The molecule has 2 aromatic carbocycles. The Labute approximate surface area is 125 Å². The van der Waals surface area contributed by atoms with Crippen LogP contribution in [-0.2, 0) is 5.75 Å². The average molecular weight is 283 g/mol. The van der Waals surface area contributed by atoms with E-state index in [9.17, 15) is 0 Å². The third-order valence-corrected chi connectivity index (χ3v) is 5.10. The van der Waals surface area contributed by atoms with E-state index in [-0.39, 0.29) is 0 Å². The van der Waals surface area contributed by atoms with Crippen LogP contribution in [-0.4, -0.2) is 12.3 Å². The van der Waals surface area contributed by atoms with Crippen LogP contribution < -0.4 is 5.32 Å². The molecule has 0 fully saturated rings. The van der Waals surface area contributed by atoms with Crippen molar-refractivity contribution in [2.75, 3.05) is 12.3 Å². The molecule has 104 valence electrons. The van der Waals surface area contributed by atoms with Crippen molar-refractivity contribution in [3.8, 4) is 0 Å². The number of hydrogen-bond acceptors (Lipinski definition) is 2. The Morgan fingerprint density at radius 3 is 2.70 bits per heavy atom. The highest BCUT2D eigenvalue weighted by molar-refractivity contribution is 7.98. The van der Waals surface area contributed by atoms with Crippen LogP contribution in [0.1, 0.15) is 35.6 Å². The van der Waals surface area contributed by atoms with Crippen molar-refractivity contribution in [1.82, 2.24) is 5.32 Å². The van der Waals surface area contributed by atoms with E-state index < -0.39 is 0 Å². The summed E-state index contributed by atoms with van der Waals surface area (Å²) in [4.78, 5) is 0. The van der Waals surface area contributed by atoms with Gasteiger partial charge >= 0.3 is 0 Å². The van der Waals surface area contributed by atoms with Crippen molar-refractivity contribution in [1.29, 1.82) is 0 Å². The van der Waals surface area contributed by atoms with Crippen molar-refractivity contribution in [3.05, 3.63) is 71.3 Å². The normalized spacial score (nSPS) is 19.4. The smallest absolute Gasteiger partial charge is 0.0415 e. The monoisotopic (exact) mass is 283 g/mol. The number of thioether (sulfide) groups is 1. The largest absolute Gasteiger partial charge is 0.309 e. The van der Waals surface area contributed by atoms with Crippen LogP contribution in [0.15, 0.2) is 54.6 Å². The highest BCUT2D eigenvalue weighted by Gasteiger charge is 2.20. The topological polar surface area (TPSA) is 12.0 Å². The van der Waals surface area contributed by atoms with Crippen molar-refractivity contribution in [3.63, 3.8) is 0 Å². The van der Waals surface area contributed by atoms with Crippen LogP contribution >= 0.6 is 11.8 Å². The lowest BCUT2D eigenvalue weighted by Crippen LogP contribution is -2.29. The maximum Gasteiger partial charge on any atom is 0.0415 e. The summed E-state index contributed by atoms with van der Waals surface area (Å²) in [7, 11) is 0. The molecule has 1 aliphatic heterocycles. The Bertz CT molecular complexity index is 552. The van der Waals surface area contributed by atoms with Gasteiger partial charge in [-0.2, -0.15) is 11.8 Å². The quantitative estimate of drug-likeness (QED) is 0.894. The first-order chi connectivity index (χ1) is 9.84. The fourth-order valence-corrected chi connectivity index (χ4v) is 3.90. The molecule has 20 heavy (non-hydrogen) atoms. The first-order valence-corrected chi connectivity index (χ1v) is 8.44. The van der Waals surface area contributed by atoms with Crippen molar-refractivity contribution in [2.24, 2.45) is 0 Å². The summed E-state index contributed by atoms with van der Waals surface area (Å²) in [5.41, 5.74) is 4.40. The Morgan fingerprint density at radius 2 is 1.85 bits per heavy atom. The third-order valence-electron chi connectivity index (χ3n) is 4.01. The van der Waals surface area contributed by atoms with E-state index in [1.54, 1.807) is 0 Å². The van der Waals surface area contributed by atoms with E-state index in [0.717, 1.165) is 12.3 Å². The van der Waals surface area contributed by atoms with Crippen molar-refractivity contribution in [2.45, 2.75) is 24.6 Å².